The van der Waals surface area contributed by atoms with Gasteiger partial charge in [-0.25, -0.2) is 4.39 Å². The molecule has 0 amide bonds. The first-order valence-electron chi connectivity index (χ1n) is 9.64. The standard InChI is InChI=1S/C23H23FN4O/c1-14-26-27-22-18(13-20(29)23(2,3)4)25-21(15-9-11-16(24)12-10-15)17-7-5-6-8-19(17)28(14)22/h5-12,18H,13H2,1-4H3/t18-/m0/s1. The molecule has 1 aliphatic rings. The Labute approximate surface area is 169 Å². The van der Waals surface area contributed by atoms with Crippen LogP contribution in [0.2, 0.25) is 0 Å². The van der Waals surface area contributed by atoms with Crippen LogP contribution in [-0.2, 0) is 4.79 Å². The lowest BCUT2D eigenvalue weighted by molar-refractivity contribution is -0.126. The van der Waals surface area contributed by atoms with Gasteiger partial charge in [-0.15, -0.1) is 10.2 Å². The van der Waals surface area contributed by atoms with Gasteiger partial charge < -0.3 is 0 Å². The number of para-hydroxylation sites is 1. The van der Waals surface area contributed by atoms with Gasteiger partial charge in [0.05, 0.1) is 11.4 Å². The highest BCUT2D eigenvalue weighted by Crippen LogP contribution is 2.34. The number of nitrogens with zero attached hydrogens (tertiary/aromatic N) is 4. The summed E-state index contributed by atoms with van der Waals surface area (Å²) in [7, 11) is 0. The molecule has 0 saturated heterocycles. The molecule has 1 atom stereocenters. The second-order valence-corrected chi connectivity index (χ2v) is 8.34. The highest BCUT2D eigenvalue weighted by molar-refractivity contribution is 6.15. The van der Waals surface area contributed by atoms with E-state index in [1.54, 1.807) is 12.1 Å². The first-order valence-corrected chi connectivity index (χ1v) is 9.64. The zero-order chi connectivity index (χ0) is 20.8. The fourth-order valence-electron chi connectivity index (χ4n) is 3.50. The SMILES string of the molecule is Cc1nnc2n1-c1ccccc1C(c1ccc(F)cc1)=N[C@H]2CC(=O)C(C)(C)C. The van der Waals surface area contributed by atoms with Crippen molar-refractivity contribution >= 4 is 11.5 Å². The fourth-order valence-corrected chi connectivity index (χ4v) is 3.50. The van der Waals surface area contributed by atoms with E-state index >= 15 is 0 Å². The van der Waals surface area contributed by atoms with Crippen LogP contribution in [-0.4, -0.2) is 26.3 Å². The van der Waals surface area contributed by atoms with Gasteiger partial charge in [-0.3, -0.25) is 14.4 Å². The number of rotatable bonds is 3. The van der Waals surface area contributed by atoms with E-state index in [9.17, 15) is 9.18 Å². The number of hydrogen-bond donors (Lipinski definition) is 0. The minimum Gasteiger partial charge on any atom is -0.299 e. The Morgan fingerprint density at radius 3 is 2.45 bits per heavy atom. The summed E-state index contributed by atoms with van der Waals surface area (Å²) in [5.41, 5.74) is 2.83. The second-order valence-electron chi connectivity index (χ2n) is 8.34. The van der Waals surface area contributed by atoms with E-state index in [0.717, 1.165) is 28.4 Å². The van der Waals surface area contributed by atoms with E-state index < -0.39 is 11.5 Å². The van der Waals surface area contributed by atoms with Gasteiger partial charge in [0.2, 0.25) is 0 Å². The number of carbonyl (C=O) groups is 1. The zero-order valence-electron chi connectivity index (χ0n) is 17.0. The summed E-state index contributed by atoms with van der Waals surface area (Å²) in [6.45, 7) is 7.60. The molecule has 0 radical (unpaired) electrons. The van der Waals surface area contributed by atoms with Gasteiger partial charge in [0.1, 0.15) is 23.5 Å². The monoisotopic (exact) mass is 390 g/mol. The van der Waals surface area contributed by atoms with Crippen LogP contribution in [0.15, 0.2) is 53.5 Å². The molecule has 29 heavy (non-hydrogen) atoms. The first-order chi connectivity index (χ1) is 13.8. The molecule has 0 bridgehead atoms. The summed E-state index contributed by atoms with van der Waals surface area (Å²) in [5, 5.41) is 8.62. The van der Waals surface area contributed by atoms with E-state index in [-0.39, 0.29) is 18.0 Å². The fraction of sp³-hybridized carbons (Fsp3) is 0.304. The highest BCUT2D eigenvalue weighted by atomic mass is 19.1. The smallest absolute Gasteiger partial charge is 0.162 e. The Morgan fingerprint density at radius 2 is 1.76 bits per heavy atom. The predicted octanol–water partition coefficient (Wildman–Crippen LogP) is 4.61. The van der Waals surface area contributed by atoms with Crippen molar-refractivity contribution in [2.24, 2.45) is 10.4 Å². The molecule has 5 nitrogen and oxygen atoms in total. The van der Waals surface area contributed by atoms with Crippen molar-refractivity contribution in [3.8, 4) is 5.69 Å². The summed E-state index contributed by atoms with van der Waals surface area (Å²) < 4.78 is 15.5. The summed E-state index contributed by atoms with van der Waals surface area (Å²) in [4.78, 5) is 17.8. The number of hydrogen-bond acceptors (Lipinski definition) is 4. The largest absolute Gasteiger partial charge is 0.299 e. The summed E-state index contributed by atoms with van der Waals surface area (Å²) in [6, 6.07) is 13.7. The lowest BCUT2D eigenvalue weighted by atomic mass is 9.87. The maximum Gasteiger partial charge on any atom is 0.162 e. The van der Waals surface area contributed by atoms with Gasteiger partial charge in [0, 0.05) is 23.0 Å². The van der Waals surface area contributed by atoms with Crippen LogP contribution in [0.3, 0.4) is 0 Å². The molecular weight excluding hydrogens is 367 g/mol. The summed E-state index contributed by atoms with van der Waals surface area (Å²) in [5.74, 6) is 1.17. The molecule has 0 saturated carbocycles. The molecule has 0 aliphatic carbocycles. The van der Waals surface area contributed by atoms with Crippen molar-refractivity contribution in [3.63, 3.8) is 0 Å². The molecule has 3 aromatic rings. The Morgan fingerprint density at radius 1 is 1.07 bits per heavy atom. The third-order valence-corrected chi connectivity index (χ3v) is 5.17. The third-order valence-electron chi connectivity index (χ3n) is 5.17. The van der Waals surface area contributed by atoms with Crippen LogP contribution in [0.4, 0.5) is 4.39 Å². The van der Waals surface area contributed by atoms with Gasteiger partial charge in [-0.05, 0) is 37.3 Å². The van der Waals surface area contributed by atoms with E-state index in [4.69, 9.17) is 4.99 Å². The number of aryl methyl sites for hydroxylation is 1. The average Bonchev–Trinajstić information content (AvgIpc) is 3.00. The minimum absolute atomic E-state index is 0.0999. The van der Waals surface area contributed by atoms with Crippen molar-refractivity contribution < 1.29 is 9.18 Å². The second kappa shape index (κ2) is 7.03. The van der Waals surface area contributed by atoms with Crippen molar-refractivity contribution in [1.82, 2.24) is 14.8 Å². The molecular formula is C23H23FN4O. The minimum atomic E-state index is -0.482. The van der Waals surface area contributed by atoms with Crippen molar-refractivity contribution in [1.29, 1.82) is 0 Å². The third kappa shape index (κ3) is 3.50. The maximum atomic E-state index is 13.5. The molecule has 1 aromatic heterocycles. The number of halogens is 1. The van der Waals surface area contributed by atoms with Gasteiger partial charge in [0.15, 0.2) is 5.82 Å². The van der Waals surface area contributed by atoms with Gasteiger partial charge in [0.25, 0.3) is 0 Å². The number of carbonyl (C=O) groups excluding carboxylic acids is 1. The Hall–Kier alpha value is -3.15. The van der Waals surface area contributed by atoms with Gasteiger partial charge >= 0.3 is 0 Å². The van der Waals surface area contributed by atoms with Crippen molar-refractivity contribution in [2.75, 3.05) is 0 Å². The molecule has 2 heterocycles. The lowest BCUT2D eigenvalue weighted by Crippen LogP contribution is -2.23. The molecule has 2 aromatic carbocycles. The molecule has 0 spiro atoms. The topological polar surface area (TPSA) is 60.1 Å². The van der Waals surface area contributed by atoms with Crippen LogP contribution >= 0.6 is 0 Å². The number of benzene rings is 2. The highest BCUT2D eigenvalue weighted by Gasteiger charge is 2.32. The van der Waals surface area contributed by atoms with Crippen LogP contribution in [0.5, 0.6) is 0 Å². The Balaban J connectivity index is 1.94. The quantitative estimate of drug-likeness (QED) is 0.656. The molecule has 4 rings (SSSR count). The number of Topliss-reactive ketones (excluding diaryl/α,β-unsaturated/α-hetero) is 1. The zero-order valence-corrected chi connectivity index (χ0v) is 17.0. The number of fused-ring (bicyclic) bond motifs is 3. The normalized spacial score (nSPS) is 15.9. The van der Waals surface area contributed by atoms with E-state index in [2.05, 4.69) is 10.2 Å². The van der Waals surface area contributed by atoms with Crippen LogP contribution in [0.1, 0.15) is 56.0 Å². The Kier molecular flexibility index (Phi) is 4.65. The van der Waals surface area contributed by atoms with Crippen molar-refractivity contribution in [3.05, 3.63) is 77.1 Å². The molecule has 1 aliphatic heterocycles. The van der Waals surface area contributed by atoms with Crippen LogP contribution in [0.25, 0.3) is 5.69 Å². The van der Waals surface area contributed by atoms with Crippen LogP contribution < -0.4 is 0 Å². The van der Waals surface area contributed by atoms with Crippen LogP contribution in [0, 0.1) is 18.2 Å². The molecule has 0 unspecified atom stereocenters. The van der Waals surface area contributed by atoms with E-state index in [1.165, 1.54) is 12.1 Å². The van der Waals surface area contributed by atoms with E-state index in [1.807, 2.05) is 56.5 Å². The van der Waals surface area contributed by atoms with Gasteiger partial charge in [-0.1, -0.05) is 39.0 Å². The lowest BCUT2D eigenvalue weighted by Gasteiger charge is -2.19. The number of aromatic nitrogens is 3. The first kappa shape index (κ1) is 19.2. The average molecular weight is 390 g/mol. The summed E-state index contributed by atoms with van der Waals surface area (Å²) in [6.07, 6.45) is 0.223. The molecule has 0 fully saturated rings. The van der Waals surface area contributed by atoms with Crippen molar-refractivity contribution in [2.45, 2.75) is 40.2 Å². The summed E-state index contributed by atoms with van der Waals surface area (Å²) >= 11 is 0. The number of aliphatic imine (C=N–C) groups is 1. The predicted molar refractivity (Wildman–Crippen MR) is 110 cm³/mol. The van der Waals surface area contributed by atoms with E-state index in [0.29, 0.717) is 5.82 Å². The maximum absolute atomic E-state index is 13.5. The molecule has 6 heteroatoms. The Bertz CT molecular complexity index is 1110. The molecule has 0 N–H and O–H groups in total. The molecule has 148 valence electrons. The number of ketones is 1. The van der Waals surface area contributed by atoms with Gasteiger partial charge in [-0.2, -0.15) is 0 Å².